The molecule has 2 amide bonds. The summed E-state index contributed by atoms with van der Waals surface area (Å²) in [5.74, 6) is -1.67. The highest BCUT2D eigenvalue weighted by Gasteiger charge is 2.57. The number of carbonyl (C=O) groups excluding carboxylic acids is 2. The molecule has 0 aromatic heterocycles. The molecular formula is C9H11ClN2O4S. The van der Waals surface area contributed by atoms with Crippen LogP contribution in [0.4, 0.5) is 0 Å². The summed E-state index contributed by atoms with van der Waals surface area (Å²) in [7, 11) is 0. The van der Waals surface area contributed by atoms with E-state index >= 15 is 0 Å². The van der Waals surface area contributed by atoms with Crippen molar-refractivity contribution in [3.8, 4) is 0 Å². The topological polar surface area (TPSA) is 86.7 Å². The number of fused-ring (bicyclic) bond motifs is 1. The number of carbonyl (C=O) groups is 3. The highest BCUT2D eigenvalue weighted by atomic mass is 35.5. The maximum absolute atomic E-state index is 11.3. The number of carboxylic acid groups (broad SMARTS) is 1. The van der Waals surface area contributed by atoms with E-state index in [4.69, 9.17) is 16.7 Å². The van der Waals surface area contributed by atoms with E-state index in [1.807, 2.05) is 0 Å². The van der Waals surface area contributed by atoms with Crippen LogP contribution in [0.2, 0.25) is 0 Å². The first-order valence-electron chi connectivity index (χ1n) is 4.99. The zero-order valence-corrected chi connectivity index (χ0v) is 10.5. The standard InChI is InChI=1S/C9H11ClN2O4S/c1-4(13)11-7-9(10,8(15)16)3-12-5(14)2-6(12)17-7/h6-7H,2-3H2,1H3,(H,11,13)(H,15,16)/t6-,7?,9?/m1/s1. The van der Waals surface area contributed by atoms with Crippen LogP contribution in [0, 0.1) is 0 Å². The number of halogens is 1. The van der Waals surface area contributed by atoms with Gasteiger partial charge >= 0.3 is 5.97 Å². The molecule has 2 N–H and O–H groups in total. The lowest BCUT2D eigenvalue weighted by Gasteiger charge is -2.51. The van der Waals surface area contributed by atoms with Gasteiger partial charge in [0.2, 0.25) is 11.8 Å². The van der Waals surface area contributed by atoms with Gasteiger partial charge in [0.05, 0.1) is 18.3 Å². The Balaban J connectivity index is 2.21. The van der Waals surface area contributed by atoms with Gasteiger partial charge in [-0.3, -0.25) is 14.4 Å². The minimum Gasteiger partial charge on any atom is -0.480 e. The second kappa shape index (κ2) is 4.06. The van der Waals surface area contributed by atoms with Gasteiger partial charge in [-0.1, -0.05) is 0 Å². The summed E-state index contributed by atoms with van der Waals surface area (Å²) >= 11 is 7.26. The van der Waals surface area contributed by atoms with Gasteiger partial charge in [-0.05, 0) is 0 Å². The molecule has 0 spiro atoms. The van der Waals surface area contributed by atoms with Gasteiger partial charge in [0.15, 0.2) is 4.87 Å². The third-order valence-corrected chi connectivity index (χ3v) is 4.97. The first-order valence-corrected chi connectivity index (χ1v) is 6.31. The summed E-state index contributed by atoms with van der Waals surface area (Å²) in [5, 5.41) is 10.9. The average Bonchev–Trinajstić information content (AvgIpc) is 2.21. The summed E-state index contributed by atoms with van der Waals surface area (Å²) in [6.45, 7) is 1.23. The Morgan fingerprint density at radius 1 is 1.65 bits per heavy atom. The monoisotopic (exact) mass is 278 g/mol. The average molecular weight is 279 g/mol. The molecule has 6 nitrogen and oxygen atoms in total. The van der Waals surface area contributed by atoms with Gasteiger partial charge in [-0.15, -0.1) is 23.4 Å². The zero-order chi connectivity index (χ0) is 12.8. The predicted octanol–water partition coefficient (Wildman–Crippen LogP) is -0.184. The lowest BCUT2D eigenvalue weighted by atomic mass is 10.0. The van der Waals surface area contributed by atoms with Crippen LogP contribution in [0.15, 0.2) is 0 Å². The Bertz CT molecular complexity index is 404. The maximum Gasteiger partial charge on any atom is 0.329 e. The van der Waals surface area contributed by atoms with Crippen molar-refractivity contribution in [2.24, 2.45) is 0 Å². The van der Waals surface area contributed by atoms with Crippen molar-refractivity contribution in [2.75, 3.05) is 6.54 Å². The molecule has 0 radical (unpaired) electrons. The molecule has 0 bridgehead atoms. The van der Waals surface area contributed by atoms with Crippen molar-refractivity contribution >= 4 is 41.1 Å². The molecule has 0 aliphatic carbocycles. The molecule has 0 aromatic rings. The van der Waals surface area contributed by atoms with Crippen molar-refractivity contribution in [2.45, 2.75) is 29.0 Å². The highest BCUT2D eigenvalue weighted by Crippen LogP contribution is 2.44. The maximum atomic E-state index is 11.3. The third kappa shape index (κ3) is 1.97. The second-order valence-corrected chi connectivity index (χ2v) is 6.03. The van der Waals surface area contributed by atoms with Gasteiger partial charge in [-0.25, -0.2) is 0 Å². The molecule has 2 aliphatic rings. The number of β-lactam (4-membered cyclic amide) rings is 1. The quantitative estimate of drug-likeness (QED) is 0.540. The molecule has 0 saturated carbocycles. The van der Waals surface area contributed by atoms with E-state index in [-0.39, 0.29) is 23.7 Å². The number of rotatable bonds is 2. The SMILES string of the molecule is CC(=O)NC1S[C@@H]2CC(=O)N2CC1(Cl)C(=O)O. The Labute approximate surface area is 107 Å². The molecule has 17 heavy (non-hydrogen) atoms. The van der Waals surface area contributed by atoms with E-state index in [0.717, 1.165) is 0 Å². The Hall–Kier alpha value is -0.950. The summed E-state index contributed by atoms with van der Waals surface area (Å²) in [5.41, 5.74) is 0. The molecular weight excluding hydrogens is 268 g/mol. The fourth-order valence-corrected chi connectivity index (χ4v) is 3.70. The Kier molecular flexibility index (Phi) is 2.99. The van der Waals surface area contributed by atoms with Gasteiger partial charge in [-0.2, -0.15) is 0 Å². The first-order chi connectivity index (χ1) is 7.84. The number of nitrogens with zero attached hydrogens (tertiary/aromatic N) is 1. The zero-order valence-electron chi connectivity index (χ0n) is 8.97. The summed E-state index contributed by atoms with van der Waals surface area (Å²) in [6, 6.07) is 0. The van der Waals surface area contributed by atoms with Crippen LogP contribution in [0.1, 0.15) is 13.3 Å². The minimum atomic E-state index is -1.66. The molecule has 2 unspecified atom stereocenters. The van der Waals surface area contributed by atoms with E-state index in [1.54, 1.807) is 0 Å². The van der Waals surface area contributed by atoms with Crippen LogP contribution in [-0.4, -0.2) is 50.0 Å². The molecule has 8 heteroatoms. The van der Waals surface area contributed by atoms with Gasteiger partial charge < -0.3 is 15.3 Å². The number of alkyl halides is 1. The van der Waals surface area contributed by atoms with E-state index in [1.165, 1.54) is 23.6 Å². The molecule has 2 aliphatic heterocycles. The largest absolute Gasteiger partial charge is 0.480 e. The van der Waals surface area contributed by atoms with E-state index in [0.29, 0.717) is 6.42 Å². The molecule has 0 aromatic carbocycles. The molecule has 2 fully saturated rings. The van der Waals surface area contributed by atoms with E-state index in [9.17, 15) is 14.4 Å². The molecule has 3 atom stereocenters. The number of hydrogen-bond donors (Lipinski definition) is 2. The number of nitrogens with one attached hydrogen (secondary N) is 1. The normalized spacial score (nSPS) is 35.9. The van der Waals surface area contributed by atoms with E-state index < -0.39 is 16.2 Å². The summed E-state index contributed by atoms with van der Waals surface area (Å²) in [4.78, 5) is 33.3. The fourth-order valence-electron chi connectivity index (χ4n) is 1.85. The molecule has 2 heterocycles. The van der Waals surface area contributed by atoms with Crippen molar-refractivity contribution in [1.82, 2.24) is 10.2 Å². The third-order valence-electron chi connectivity index (χ3n) is 2.82. The van der Waals surface area contributed by atoms with Gasteiger partial charge in [0, 0.05) is 6.92 Å². The van der Waals surface area contributed by atoms with Crippen LogP contribution in [0.25, 0.3) is 0 Å². The van der Waals surface area contributed by atoms with Crippen molar-refractivity contribution in [3.63, 3.8) is 0 Å². The van der Waals surface area contributed by atoms with Crippen molar-refractivity contribution < 1.29 is 19.5 Å². The summed E-state index contributed by atoms with van der Waals surface area (Å²) < 4.78 is 0. The number of hydrogen-bond acceptors (Lipinski definition) is 4. The van der Waals surface area contributed by atoms with Crippen LogP contribution in [-0.2, 0) is 14.4 Å². The molecule has 2 rings (SSSR count). The minimum absolute atomic E-state index is 0.0780. The Morgan fingerprint density at radius 2 is 2.29 bits per heavy atom. The van der Waals surface area contributed by atoms with Crippen LogP contribution in [0.3, 0.4) is 0 Å². The number of carboxylic acids is 1. The first kappa shape index (κ1) is 12.5. The number of thioether (sulfide) groups is 1. The lowest BCUT2D eigenvalue weighted by Crippen LogP contribution is -2.68. The van der Waals surface area contributed by atoms with Gasteiger partial charge in [0.1, 0.15) is 5.37 Å². The summed E-state index contributed by atoms with van der Waals surface area (Å²) in [6.07, 6.45) is 0.368. The smallest absolute Gasteiger partial charge is 0.329 e. The Morgan fingerprint density at radius 3 is 2.76 bits per heavy atom. The lowest BCUT2D eigenvalue weighted by molar-refractivity contribution is -0.147. The molecule has 94 valence electrons. The van der Waals surface area contributed by atoms with Gasteiger partial charge in [0.25, 0.3) is 0 Å². The van der Waals surface area contributed by atoms with Crippen LogP contribution < -0.4 is 5.32 Å². The number of aliphatic carboxylic acids is 1. The molecule has 2 saturated heterocycles. The predicted molar refractivity (Wildman–Crippen MR) is 61.5 cm³/mol. The van der Waals surface area contributed by atoms with Crippen LogP contribution >= 0.6 is 23.4 Å². The van der Waals surface area contributed by atoms with Crippen LogP contribution in [0.5, 0.6) is 0 Å². The highest BCUT2D eigenvalue weighted by molar-refractivity contribution is 8.00. The van der Waals surface area contributed by atoms with Crippen molar-refractivity contribution in [3.05, 3.63) is 0 Å². The fraction of sp³-hybridized carbons (Fsp3) is 0.667. The number of amides is 2. The van der Waals surface area contributed by atoms with E-state index in [2.05, 4.69) is 5.32 Å². The second-order valence-electron chi connectivity index (χ2n) is 4.06. The van der Waals surface area contributed by atoms with Crippen molar-refractivity contribution in [1.29, 1.82) is 0 Å².